The van der Waals surface area contributed by atoms with E-state index in [9.17, 15) is 18.0 Å². The zero-order valence-corrected chi connectivity index (χ0v) is 15.1. The number of carbonyl (C=O) groups is 2. The molecule has 0 unspecified atom stereocenters. The second kappa shape index (κ2) is 7.76. The van der Waals surface area contributed by atoms with Gasteiger partial charge < -0.3 is 10.5 Å². The number of nitrogens with two attached hydrogens (primary N) is 1. The molecule has 0 bridgehead atoms. The Kier molecular flexibility index (Phi) is 6.50. The van der Waals surface area contributed by atoms with E-state index in [-0.39, 0.29) is 23.3 Å². The van der Waals surface area contributed by atoms with Crippen LogP contribution in [0, 0.1) is 0 Å². The number of ether oxygens (including phenoxy) is 1. The molecule has 0 aliphatic heterocycles. The summed E-state index contributed by atoms with van der Waals surface area (Å²) in [7, 11) is -3.71. The summed E-state index contributed by atoms with van der Waals surface area (Å²) in [6.07, 6.45) is -1.24. The van der Waals surface area contributed by atoms with Gasteiger partial charge >= 0.3 is 5.97 Å². The molecule has 24 heavy (non-hydrogen) atoms. The van der Waals surface area contributed by atoms with Gasteiger partial charge in [-0.05, 0) is 30.0 Å². The molecule has 0 saturated heterocycles. The highest BCUT2D eigenvalue weighted by Gasteiger charge is 2.19. The zero-order valence-electron chi connectivity index (χ0n) is 14.3. The van der Waals surface area contributed by atoms with Gasteiger partial charge in [-0.2, -0.15) is 0 Å². The van der Waals surface area contributed by atoms with Gasteiger partial charge in [0.1, 0.15) is 0 Å². The molecule has 1 aromatic rings. The molecule has 0 aliphatic rings. The fourth-order valence-electron chi connectivity index (χ4n) is 1.82. The molecule has 134 valence electrons. The molecule has 7 nitrogen and oxygen atoms in total. The minimum absolute atomic E-state index is 0.0728. The number of esters is 1. The van der Waals surface area contributed by atoms with Crippen molar-refractivity contribution in [3.05, 3.63) is 29.8 Å². The van der Waals surface area contributed by atoms with Crippen molar-refractivity contribution in [2.75, 3.05) is 6.54 Å². The van der Waals surface area contributed by atoms with Crippen molar-refractivity contribution in [3.63, 3.8) is 0 Å². The van der Waals surface area contributed by atoms with Crippen LogP contribution >= 0.6 is 0 Å². The van der Waals surface area contributed by atoms with Crippen LogP contribution in [0.4, 0.5) is 0 Å². The van der Waals surface area contributed by atoms with E-state index in [2.05, 4.69) is 4.72 Å². The average Bonchev–Trinajstić information content (AvgIpc) is 2.46. The van der Waals surface area contributed by atoms with Crippen LogP contribution in [0.3, 0.4) is 0 Å². The fraction of sp³-hybridized carbons (Fsp3) is 0.500. The summed E-state index contributed by atoms with van der Waals surface area (Å²) >= 11 is 0. The van der Waals surface area contributed by atoms with E-state index in [0.717, 1.165) is 5.56 Å². The number of amides is 1. The van der Waals surface area contributed by atoms with E-state index in [1.807, 2.05) is 20.8 Å². The molecule has 1 amide bonds. The van der Waals surface area contributed by atoms with Crippen LogP contribution in [-0.4, -0.2) is 32.9 Å². The average molecular weight is 356 g/mol. The maximum Gasteiger partial charge on any atom is 0.307 e. The van der Waals surface area contributed by atoms with Crippen LogP contribution in [-0.2, 0) is 29.8 Å². The molecule has 1 aromatic carbocycles. The molecule has 1 atom stereocenters. The van der Waals surface area contributed by atoms with Gasteiger partial charge in [-0.3, -0.25) is 9.59 Å². The lowest BCUT2D eigenvalue weighted by atomic mass is 9.87. The van der Waals surface area contributed by atoms with Gasteiger partial charge in [0.2, 0.25) is 10.0 Å². The first-order chi connectivity index (χ1) is 10.9. The Bertz CT molecular complexity index is 690. The van der Waals surface area contributed by atoms with E-state index >= 15 is 0 Å². The van der Waals surface area contributed by atoms with Gasteiger partial charge in [0.25, 0.3) is 5.91 Å². The van der Waals surface area contributed by atoms with Crippen LogP contribution < -0.4 is 10.5 Å². The molecule has 0 aromatic heterocycles. The van der Waals surface area contributed by atoms with Crippen LogP contribution in [0.2, 0.25) is 0 Å². The number of nitrogens with one attached hydrogen (secondary N) is 1. The Balaban J connectivity index is 2.61. The summed E-state index contributed by atoms with van der Waals surface area (Å²) in [4.78, 5) is 22.4. The fourth-order valence-corrected chi connectivity index (χ4v) is 2.85. The molecule has 8 heteroatoms. The number of primary amides is 1. The third-order valence-electron chi connectivity index (χ3n) is 3.36. The lowest BCUT2D eigenvalue weighted by Gasteiger charge is -2.19. The maximum absolute atomic E-state index is 12.2. The molecular weight excluding hydrogens is 332 g/mol. The summed E-state index contributed by atoms with van der Waals surface area (Å²) in [5.74, 6) is -1.46. The smallest absolute Gasteiger partial charge is 0.307 e. The first kappa shape index (κ1) is 20.1. The van der Waals surface area contributed by atoms with Crippen molar-refractivity contribution in [3.8, 4) is 0 Å². The monoisotopic (exact) mass is 356 g/mol. The van der Waals surface area contributed by atoms with Gasteiger partial charge in [-0.1, -0.05) is 32.9 Å². The standard InChI is InChI=1S/C16H24N2O5S/c1-11(15(17)20)23-14(19)9-10-18-24(21,22)13-7-5-12(6-8-13)16(2,3)4/h5-8,11,18H,9-10H2,1-4H3,(H2,17,20)/t11-/m1/s1. The second-order valence-corrected chi connectivity index (χ2v) is 8.22. The van der Waals surface area contributed by atoms with Gasteiger partial charge in [-0.25, -0.2) is 13.1 Å². The Labute approximate surface area is 142 Å². The minimum atomic E-state index is -3.71. The third kappa shape index (κ3) is 5.93. The topological polar surface area (TPSA) is 116 Å². The van der Waals surface area contributed by atoms with Crippen LogP contribution in [0.25, 0.3) is 0 Å². The Morgan fingerprint density at radius 3 is 2.21 bits per heavy atom. The van der Waals surface area contributed by atoms with Gasteiger partial charge in [-0.15, -0.1) is 0 Å². The van der Waals surface area contributed by atoms with Crippen molar-refractivity contribution >= 4 is 21.9 Å². The number of rotatable bonds is 7. The van der Waals surface area contributed by atoms with Crippen molar-refractivity contribution in [1.82, 2.24) is 4.72 Å². The van der Waals surface area contributed by atoms with Crippen LogP contribution in [0.15, 0.2) is 29.2 Å². The largest absolute Gasteiger partial charge is 0.453 e. The Morgan fingerprint density at radius 2 is 1.75 bits per heavy atom. The molecule has 0 radical (unpaired) electrons. The highest BCUT2D eigenvalue weighted by Crippen LogP contribution is 2.23. The highest BCUT2D eigenvalue weighted by atomic mass is 32.2. The summed E-state index contributed by atoms with van der Waals surface area (Å²) in [6.45, 7) is 7.32. The Hall–Kier alpha value is -1.93. The molecule has 0 aliphatic carbocycles. The van der Waals surface area contributed by atoms with E-state index in [1.165, 1.54) is 19.1 Å². The maximum atomic E-state index is 12.2. The lowest BCUT2D eigenvalue weighted by molar-refractivity contribution is -0.153. The predicted molar refractivity (Wildman–Crippen MR) is 89.7 cm³/mol. The van der Waals surface area contributed by atoms with Crippen molar-refractivity contribution in [2.24, 2.45) is 5.73 Å². The number of sulfonamides is 1. The molecule has 0 spiro atoms. The number of benzene rings is 1. The first-order valence-corrected chi connectivity index (χ1v) is 9.01. The van der Waals surface area contributed by atoms with Crippen molar-refractivity contribution < 1.29 is 22.7 Å². The van der Waals surface area contributed by atoms with Gasteiger partial charge in [0.15, 0.2) is 6.10 Å². The molecule has 0 saturated carbocycles. The predicted octanol–water partition coefficient (Wildman–Crippen LogP) is 1.07. The molecule has 0 heterocycles. The van der Waals surface area contributed by atoms with E-state index in [1.54, 1.807) is 12.1 Å². The first-order valence-electron chi connectivity index (χ1n) is 7.52. The third-order valence-corrected chi connectivity index (χ3v) is 4.84. The van der Waals surface area contributed by atoms with E-state index in [4.69, 9.17) is 10.5 Å². The minimum Gasteiger partial charge on any atom is -0.453 e. The highest BCUT2D eigenvalue weighted by molar-refractivity contribution is 7.89. The van der Waals surface area contributed by atoms with Crippen LogP contribution in [0.1, 0.15) is 39.7 Å². The Morgan fingerprint density at radius 1 is 1.21 bits per heavy atom. The summed E-state index contributed by atoms with van der Waals surface area (Å²) < 4.78 is 31.4. The SMILES string of the molecule is C[C@@H](OC(=O)CCNS(=O)(=O)c1ccc(C(C)(C)C)cc1)C(N)=O. The molecule has 0 fully saturated rings. The lowest BCUT2D eigenvalue weighted by Crippen LogP contribution is -2.32. The zero-order chi connectivity index (χ0) is 18.5. The second-order valence-electron chi connectivity index (χ2n) is 6.46. The van der Waals surface area contributed by atoms with Crippen molar-refractivity contribution in [2.45, 2.75) is 50.5 Å². The summed E-state index contributed by atoms with van der Waals surface area (Å²) in [5.41, 5.74) is 5.92. The summed E-state index contributed by atoms with van der Waals surface area (Å²) in [5, 5.41) is 0. The van der Waals surface area contributed by atoms with Gasteiger partial charge in [0, 0.05) is 6.54 Å². The molecular formula is C16H24N2O5S. The van der Waals surface area contributed by atoms with E-state index < -0.39 is 28.0 Å². The van der Waals surface area contributed by atoms with Crippen molar-refractivity contribution in [1.29, 1.82) is 0 Å². The van der Waals surface area contributed by atoms with Crippen LogP contribution in [0.5, 0.6) is 0 Å². The van der Waals surface area contributed by atoms with Gasteiger partial charge in [0.05, 0.1) is 11.3 Å². The number of hydrogen-bond acceptors (Lipinski definition) is 5. The van der Waals surface area contributed by atoms with E-state index in [0.29, 0.717) is 0 Å². The normalized spacial score (nSPS) is 13.3. The number of carbonyl (C=O) groups excluding carboxylic acids is 2. The molecule has 1 rings (SSSR count). The summed E-state index contributed by atoms with van der Waals surface area (Å²) in [6, 6.07) is 6.57. The molecule has 3 N–H and O–H groups in total. The quantitative estimate of drug-likeness (QED) is 0.709. The number of hydrogen-bond donors (Lipinski definition) is 2.